The highest BCUT2D eigenvalue weighted by atomic mass is 32.2. The van der Waals surface area contributed by atoms with Gasteiger partial charge in [-0.1, -0.05) is 36.0 Å². The molecule has 0 radical (unpaired) electrons. The van der Waals surface area contributed by atoms with Gasteiger partial charge in [-0.3, -0.25) is 14.4 Å². The Kier molecular flexibility index (Phi) is 7.83. The Morgan fingerprint density at radius 3 is 2.38 bits per heavy atom. The molecule has 0 saturated heterocycles. The van der Waals surface area contributed by atoms with Crippen molar-refractivity contribution in [2.24, 2.45) is 4.99 Å². The normalized spacial score (nSPS) is 14.1. The summed E-state index contributed by atoms with van der Waals surface area (Å²) in [7, 11) is 0.140. The van der Waals surface area contributed by atoms with Crippen molar-refractivity contribution in [1.29, 1.82) is 0 Å². The van der Waals surface area contributed by atoms with Gasteiger partial charge in [-0.05, 0) is 61.8 Å². The Morgan fingerprint density at radius 2 is 1.74 bits per heavy atom. The topological polar surface area (TPSA) is 122 Å². The van der Waals surface area contributed by atoms with Gasteiger partial charge >= 0.3 is 7.12 Å². The number of nitrogens with zero attached hydrogens (tertiary/aromatic N) is 4. The molecule has 9 nitrogen and oxygen atoms in total. The van der Waals surface area contributed by atoms with Crippen LogP contribution in [0.25, 0.3) is 5.69 Å². The van der Waals surface area contributed by atoms with Gasteiger partial charge < -0.3 is 20.1 Å². The maximum atomic E-state index is 12.6. The quantitative estimate of drug-likeness (QED) is 0.293. The van der Waals surface area contributed by atoms with Gasteiger partial charge in [0, 0.05) is 27.5 Å². The van der Waals surface area contributed by atoms with Crippen LogP contribution in [0.4, 0.5) is 0 Å². The van der Waals surface area contributed by atoms with Gasteiger partial charge in [0.15, 0.2) is 5.82 Å². The molecule has 0 bridgehead atoms. The van der Waals surface area contributed by atoms with Crippen LogP contribution in [0.15, 0.2) is 81.5 Å². The SMILES string of the molecule is CCNC(=O)CC1N=C(c2ccc(Sc3ccc(B(O)O)cc3)cc2)c2cc(OC)ccc2-n2c(C)nnc21. The molecule has 1 aliphatic heterocycles. The van der Waals surface area contributed by atoms with E-state index in [1.54, 1.807) is 31.0 Å². The molecule has 39 heavy (non-hydrogen) atoms. The molecule has 1 unspecified atom stereocenters. The third kappa shape index (κ3) is 5.61. The number of hydrogen-bond acceptors (Lipinski definition) is 8. The highest BCUT2D eigenvalue weighted by Crippen LogP contribution is 2.35. The summed E-state index contributed by atoms with van der Waals surface area (Å²) in [6, 6.07) is 20.5. The molecule has 0 aliphatic carbocycles. The summed E-state index contributed by atoms with van der Waals surface area (Å²) in [6.45, 7) is 4.31. The van der Waals surface area contributed by atoms with Crippen LogP contribution < -0.4 is 15.5 Å². The minimum Gasteiger partial charge on any atom is -0.497 e. The number of aryl methyl sites for hydroxylation is 1. The number of hydrogen-bond donors (Lipinski definition) is 3. The van der Waals surface area contributed by atoms with Gasteiger partial charge in [0.25, 0.3) is 0 Å². The number of aromatic nitrogens is 3. The van der Waals surface area contributed by atoms with Crippen LogP contribution >= 0.6 is 11.8 Å². The molecule has 0 fully saturated rings. The van der Waals surface area contributed by atoms with E-state index in [1.807, 2.05) is 73.0 Å². The number of nitrogens with one attached hydrogen (secondary N) is 1. The average molecular weight is 541 g/mol. The number of methoxy groups -OCH3 is 1. The molecule has 0 spiro atoms. The molecule has 11 heteroatoms. The van der Waals surface area contributed by atoms with E-state index in [0.29, 0.717) is 29.4 Å². The summed E-state index contributed by atoms with van der Waals surface area (Å²) in [4.78, 5) is 19.7. The average Bonchev–Trinajstić information content (AvgIpc) is 3.26. The van der Waals surface area contributed by atoms with Crippen molar-refractivity contribution in [3.63, 3.8) is 0 Å². The third-order valence-corrected chi connectivity index (χ3v) is 7.44. The molecule has 3 N–H and O–H groups in total. The van der Waals surface area contributed by atoms with Crippen LogP contribution in [-0.4, -0.2) is 57.2 Å². The Balaban J connectivity index is 1.55. The first-order valence-corrected chi connectivity index (χ1v) is 13.4. The maximum absolute atomic E-state index is 12.6. The summed E-state index contributed by atoms with van der Waals surface area (Å²) in [5.41, 5.74) is 3.80. The van der Waals surface area contributed by atoms with Crippen LogP contribution in [0.2, 0.25) is 0 Å². The summed E-state index contributed by atoms with van der Waals surface area (Å²) in [5, 5.41) is 30.3. The zero-order valence-electron chi connectivity index (χ0n) is 21.8. The fourth-order valence-electron chi connectivity index (χ4n) is 4.54. The summed E-state index contributed by atoms with van der Waals surface area (Å²) in [5.74, 6) is 1.91. The lowest BCUT2D eigenvalue weighted by Crippen LogP contribution is -2.29. The molecule has 4 aromatic rings. The molecule has 5 rings (SSSR count). The summed E-state index contributed by atoms with van der Waals surface area (Å²) >= 11 is 1.57. The van der Waals surface area contributed by atoms with Crippen molar-refractivity contribution in [2.75, 3.05) is 13.7 Å². The lowest BCUT2D eigenvalue weighted by Gasteiger charge is -2.14. The molecule has 3 aromatic carbocycles. The Bertz CT molecular complexity index is 1520. The van der Waals surface area contributed by atoms with Gasteiger partial charge in [0.05, 0.1) is 24.9 Å². The van der Waals surface area contributed by atoms with Crippen molar-refractivity contribution in [2.45, 2.75) is 36.1 Å². The predicted octanol–water partition coefficient (Wildman–Crippen LogP) is 2.83. The summed E-state index contributed by atoms with van der Waals surface area (Å²) < 4.78 is 7.51. The van der Waals surface area contributed by atoms with Crippen LogP contribution in [0.3, 0.4) is 0 Å². The smallest absolute Gasteiger partial charge is 0.488 e. The van der Waals surface area contributed by atoms with Crippen molar-refractivity contribution >= 4 is 36.0 Å². The van der Waals surface area contributed by atoms with E-state index in [0.717, 1.165) is 32.3 Å². The highest BCUT2D eigenvalue weighted by molar-refractivity contribution is 7.99. The molecule has 198 valence electrons. The number of fused-ring (bicyclic) bond motifs is 3. The van der Waals surface area contributed by atoms with Crippen molar-refractivity contribution in [3.05, 3.63) is 89.5 Å². The number of benzene rings is 3. The zero-order valence-corrected chi connectivity index (χ0v) is 22.6. The second-order valence-corrected chi connectivity index (χ2v) is 10.2. The Labute approximate surface area is 231 Å². The van der Waals surface area contributed by atoms with Crippen molar-refractivity contribution in [3.8, 4) is 11.4 Å². The molecule has 1 amide bonds. The monoisotopic (exact) mass is 541 g/mol. The lowest BCUT2D eigenvalue weighted by molar-refractivity contribution is -0.121. The van der Waals surface area contributed by atoms with Gasteiger partial charge in [-0.25, -0.2) is 0 Å². The maximum Gasteiger partial charge on any atom is 0.488 e. The van der Waals surface area contributed by atoms with E-state index >= 15 is 0 Å². The fraction of sp³-hybridized carbons (Fsp3) is 0.214. The second kappa shape index (κ2) is 11.4. The van der Waals surface area contributed by atoms with Crippen LogP contribution in [-0.2, 0) is 4.79 Å². The molecule has 1 atom stereocenters. The predicted molar refractivity (Wildman–Crippen MR) is 151 cm³/mol. The largest absolute Gasteiger partial charge is 0.497 e. The Hall–Kier alpha value is -3.93. The molecule has 1 aromatic heterocycles. The van der Waals surface area contributed by atoms with E-state index in [-0.39, 0.29) is 12.3 Å². The molecular formula is C28H28BN5O4S. The lowest BCUT2D eigenvalue weighted by atomic mass is 9.81. The minimum absolute atomic E-state index is 0.104. The zero-order chi connectivity index (χ0) is 27.5. The van der Waals surface area contributed by atoms with Gasteiger partial charge in [0.1, 0.15) is 17.6 Å². The van der Waals surface area contributed by atoms with Crippen LogP contribution in [0.1, 0.15) is 42.2 Å². The third-order valence-electron chi connectivity index (χ3n) is 6.43. The first-order chi connectivity index (χ1) is 18.9. The molecule has 1 aliphatic rings. The van der Waals surface area contributed by atoms with Crippen LogP contribution in [0, 0.1) is 6.92 Å². The first-order valence-electron chi connectivity index (χ1n) is 12.6. The molecule has 0 saturated carbocycles. The standard InChI is InChI=1S/C28H28BN5O4S/c1-4-30-26(35)16-24-28-33-32-17(2)34(28)25-14-9-20(38-3)15-23(25)27(31-24)18-5-10-21(11-6-18)39-22-12-7-19(8-13-22)29(36)37/h5-15,24,36-37H,4,16H2,1-3H3,(H,30,35). The minimum atomic E-state index is -1.49. The van der Waals surface area contributed by atoms with Gasteiger partial charge in [-0.2, -0.15) is 0 Å². The van der Waals surface area contributed by atoms with Crippen molar-refractivity contribution in [1.82, 2.24) is 20.1 Å². The van der Waals surface area contributed by atoms with Gasteiger partial charge in [-0.15, -0.1) is 10.2 Å². The number of rotatable bonds is 8. The highest BCUT2D eigenvalue weighted by Gasteiger charge is 2.30. The van der Waals surface area contributed by atoms with E-state index in [9.17, 15) is 14.8 Å². The number of carbonyl (C=O) groups is 1. The van der Waals surface area contributed by atoms with Crippen LogP contribution in [0.5, 0.6) is 5.75 Å². The van der Waals surface area contributed by atoms with E-state index in [2.05, 4.69) is 15.5 Å². The van der Waals surface area contributed by atoms with E-state index in [4.69, 9.17) is 9.73 Å². The summed E-state index contributed by atoms with van der Waals surface area (Å²) in [6.07, 6.45) is 0.146. The number of amides is 1. The van der Waals surface area contributed by atoms with E-state index < -0.39 is 13.2 Å². The second-order valence-electron chi connectivity index (χ2n) is 9.04. The van der Waals surface area contributed by atoms with E-state index in [1.165, 1.54) is 0 Å². The number of carbonyl (C=O) groups excluding carboxylic acids is 1. The molecule has 2 heterocycles. The Morgan fingerprint density at radius 1 is 1.05 bits per heavy atom. The van der Waals surface area contributed by atoms with Gasteiger partial charge in [0.2, 0.25) is 5.91 Å². The first kappa shape index (κ1) is 26.7. The van der Waals surface area contributed by atoms with Crippen molar-refractivity contribution < 1.29 is 19.6 Å². The number of aliphatic imine (C=N–C) groups is 1. The number of ether oxygens (including phenoxy) is 1. The molecular weight excluding hydrogens is 513 g/mol. The fourth-order valence-corrected chi connectivity index (χ4v) is 5.36.